The van der Waals surface area contributed by atoms with Crippen molar-refractivity contribution in [3.8, 4) is 28.8 Å². The van der Waals surface area contributed by atoms with Crippen LogP contribution < -0.4 is 14.6 Å². The minimum atomic E-state index is -1.16. The summed E-state index contributed by atoms with van der Waals surface area (Å²) in [6.45, 7) is 2.20. The number of carbonyl (C=O) groups is 1. The van der Waals surface area contributed by atoms with Crippen LogP contribution in [0.3, 0.4) is 0 Å². The lowest BCUT2D eigenvalue weighted by Crippen LogP contribution is -2.14. The molecule has 0 saturated heterocycles. The van der Waals surface area contributed by atoms with Gasteiger partial charge in [-0.05, 0) is 54.0 Å². The quantitative estimate of drug-likeness (QED) is 0.185. The lowest BCUT2D eigenvalue weighted by Gasteiger charge is -2.10. The molecule has 0 aliphatic carbocycles. The third kappa shape index (κ3) is 6.41. The zero-order valence-corrected chi connectivity index (χ0v) is 19.2. The number of aromatic carboxylic acids is 1. The molecule has 0 fully saturated rings. The molecule has 2 aromatic carbocycles. The minimum Gasteiger partial charge on any atom is -0.487 e. The smallest absolute Gasteiger partial charge is 0.335 e. The summed E-state index contributed by atoms with van der Waals surface area (Å²) >= 11 is 0. The number of carboxylic acids is 1. The Hall–Kier alpha value is -4.80. The van der Waals surface area contributed by atoms with Crippen molar-refractivity contribution in [1.82, 2.24) is 9.97 Å². The van der Waals surface area contributed by atoms with Crippen LogP contribution in [0.2, 0.25) is 0 Å². The van der Waals surface area contributed by atoms with Gasteiger partial charge in [0.2, 0.25) is 5.76 Å². The first-order chi connectivity index (χ1) is 17.5. The number of hydrogen-bond acceptors (Lipinski definition) is 8. The number of nitrogens with one attached hydrogen (secondary N) is 1. The first kappa shape index (κ1) is 24.3. The molecule has 4 rings (SSSR count). The molecule has 2 aromatic heterocycles. The number of carboxylic acid groups (broad SMARTS) is 1. The van der Waals surface area contributed by atoms with Gasteiger partial charge in [0, 0.05) is 18.5 Å². The van der Waals surface area contributed by atoms with E-state index in [1.165, 1.54) is 42.7 Å². The predicted molar refractivity (Wildman–Crippen MR) is 124 cm³/mol. The van der Waals surface area contributed by atoms with Gasteiger partial charge in [0.1, 0.15) is 30.5 Å². The summed E-state index contributed by atoms with van der Waals surface area (Å²) in [5.74, 6) is -0.796. The van der Waals surface area contributed by atoms with Crippen molar-refractivity contribution in [2.75, 3.05) is 13.2 Å². The molecule has 0 spiro atoms. The maximum absolute atomic E-state index is 13.3. The molecule has 0 unspecified atom stereocenters. The van der Waals surface area contributed by atoms with Crippen LogP contribution in [0.25, 0.3) is 11.3 Å². The van der Waals surface area contributed by atoms with E-state index in [4.69, 9.17) is 18.8 Å². The number of aromatic amines is 1. The molecule has 2 heterocycles. The van der Waals surface area contributed by atoms with Crippen LogP contribution in [0.5, 0.6) is 17.5 Å². The molecule has 184 valence electrons. The molecule has 0 amide bonds. The molecular formula is C25H22FN4O6+. The van der Waals surface area contributed by atoms with E-state index in [9.17, 15) is 14.3 Å². The topological polar surface area (TPSA) is 130 Å². The van der Waals surface area contributed by atoms with Crippen molar-refractivity contribution in [3.05, 3.63) is 84.1 Å². The van der Waals surface area contributed by atoms with E-state index in [1.807, 2.05) is 6.92 Å². The Kier molecular flexibility index (Phi) is 7.81. The highest BCUT2D eigenvalue weighted by Gasteiger charge is 2.20. The van der Waals surface area contributed by atoms with Gasteiger partial charge in [-0.3, -0.25) is 0 Å². The predicted octanol–water partition coefficient (Wildman–Crippen LogP) is 4.39. The third-order valence-corrected chi connectivity index (χ3v) is 4.71. The molecule has 0 aliphatic heterocycles. The SMILES string of the molecule is CCCO/N=C(\COc1cc(Oc2ncccn2)cc(C(=O)O)c1)c1cc(-c2ccc(F)cc2)[nH+]o1. The fourth-order valence-electron chi connectivity index (χ4n) is 3.00. The van der Waals surface area contributed by atoms with Gasteiger partial charge >= 0.3 is 12.0 Å². The molecule has 0 saturated carbocycles. The number of nitrogens with zero attached hydrogens (tertiary/aromatic N) is 3. The molecule has 36 heavy (non-hydrogen) atoms. The van der Waals surface area contributed by atoms with E-state index in [0.29, 0.717) is 29.3 Å². The number of oxime groups is 1. The molecule has 11 heteroatoms. The molecular weight excluding hydrogens is 471 g/mol. The fourth-order valence-corrected chi connectivity index (χ4v) is 3.00. The van der Waals surface area contributed by atoms with Crippen molar-refractivity contribution in [3.63, 3.8) is 0 Å². The summed E-state index contributed by atoms with van der Waals surface area (Å²) in [7, 11) is 0. The van der Waals surface area contributed by atoms with E-state index in [1.54, 1.807) is 24.3 Å². The molecule has 0 atom stereocenters. The maximum Gasteiger partial charge on any atom is 0.335 e. The van der Waals surface area contributed by atoms with E-state index in [-0.39, 0.29) is 35.5 Å². The van der Waals surface area contributed by atoms with Crippen molar-refractivity contribution in [2.45, 2.75) is 13.3 Å². The number of halogens is 1. The zero-order chi connectivity index (χ0) is 25.3. The monoisotopic (exact) mass is 493 g/mol. The molecule has 4 aromatic rings. The van der Waals surface area contributed by atoms with Crippen molar-refractivity contribution < 1.29 is 38.3 Å². The van der Waals surface area contributed by atoms with Gasteiger partial charge in [-0.2, -0.15) is 0 Å². The number of ether oxygens (including phenoxy) is 2. The lowest BCUT2D eigenvalue weighted by atomic mass is 10.1. The van der Waals surface area contributed by atoms with Crippen molar-refractivity contribution in [1.29, 1.82) is 0 Å². The van der Waals surface area contributed by atoms with Gasteiger partial charge in [-0.15, -0.1) is 0 Å². The average Bonchev–Trinajstić information content (AvgIpc) is 3.37. The standard InChI is InChI=1S/C25H21FN4O6/c1-2-10-34-29-22(23-14-21(30-36-23)16-4-6-18(26)7-5-16)15-33-19-11-17(24(31)32)12-20(13-19)35-25-27-8-3-9-28-25/h3-9,11-14H,2,10,15H2,1H3,(H,31,32)/p+1/b29-22+. The van der Waals surface area contributed by atoms with E-state index in [2.05, 4.69) is 20.3 Å². The highest BCUT2D eigenvalue weighted by molar-refractivity contribution is 5.99. The largest absolute Gasteiger partial charge is 0.487 e. The van der Waals surface area contributed by atoms with E-state index in [0.717, 1.165) is 6.42 Å². The Morgan fingerprint density at radius 3 is 2.58 bits per heavy atom. The van der Waals surface area contributed by atoms with Crippen molar-refractivity contribution in [2.24, 2.45) is 5.16 Å². The highest BCUT2D eigenvalue weighted by atomic mass is 19.1. The van der Waals surface area contributed by atoms with Gasteiger partial charge < -0.3 is 19.4 Å². The van der Waals surface area contributed by atoms with Gasteiger partial charge in [-0.1, -0.05) is 12.1 Å². The number of H-pyrrole nitrogens is 1. The second-order valence-corrected chi connectivity index (χ2v) is 7.42. The molecule has 2 N–H and O–H groups in total. The Labute approximate surface area is 205 Å². The second kappa shape index (κ2) is 11.6. The summed E-state index contributed by atoms with van der Waals surface area (Å²) in [5, 5.41) is 16.4. The Morgan fingerprint density at radius 2 is 1.86 bits per heavy atom. The van der Waals surface area contributed by atoms with Crippen molar-refractivity contribution >= 4 is 11.7 Å². The Morgan fingerprint density at radius 1 is 1.11 bits per heavy atom. The maximum atomic E-state index is 13.3. The Bertz CT molecular complexity index is 1340. The fraction of sp³-hybridized carbons (Fsp3) is 0.160. The molecule has 10 nitrogen and oxygen atoms in total. The summed E-state index contributed by atoms with van der Waals surface area (Å²) < 4.78 is 30.2. The number of benzene rings is 2. The van der Waals surface area contributed by atoms with Crippen LogP contribution in [0.1, 0.15) is 29.5 Å². The first-order valence-corrected chi connectivity index (χ1v) is 10.9. The molecule has 0 radical (unpaired) electrons. The van der Waals surface area contributed by atoms with Crippen LogP contribution in [-0.4, -0.2) is 40.0 Å². The number of aromatic nitrogens is 3. The summed E-state index contributed by atoms with van der Waals surface area (Å²) in [5.41, 5.74) is 1.56. The molecule has 0 bridgehead atoms. The van der Waals surface area contributed by atoms with Crippen LogP contribution in [0.15, 0.2) is 76.7 Å². The van der Waals surface area contributed by atoms with E-state index >= 15 is 0 Å². The number of rotatable bonds is 11. The third-order valence-electron chi connectivity index (χ3n) is 4.71. The van der Waals surface area contributed by atoms with Gasteiger partial charge in [-0.25, -0.2) is 23.7 Å². The number of hydrogen-bond donors (Lipinski definition) is 1. The van der Waals surface area contributed by atoms with Gasteiger partial charge in [0.15, 0.2) is 5.71 Å². The summed E-state index contributed by atoms with van der Waals surface area (Å²) in [6.07, 6.45) is 3.74. The lowest BCUT2D eigenvalue weighted by molar-refractivity contribution is -0.599. The van der Waals surface area contributed by atoms with Gasteiger partial charge in [0.05, 0.1) is 17.2 Å². The molecule has 0 aliphatic rings. The zero-order valence-electron chi connectivity index (χ0n) is 19.2. The van der Waals surface area contributed by atoms with E-state index < -0.39 is 5.97 Å². The summed E-state index contributed by atoms with van der Waals surface area (Å²) in [6, 6.07) is 13.5. The minimum absolute atomic E-state index is 0.0518. The first-order valence-electron chi connectivity index (χ1n) is 10.9. The highest BCUT2D eigenvalue weighted by Crippen LogP contribution is 2.26. The average molecular weight is 493 g/mol. The second-order valence-electron chi connectivity index (χ2n) is 7.42. The van der Waals surface area contributed by atoms with Gasteiger partial charge in [0.25, 0.3) is 5.69 Å². The normalized spacial score (nSPS) is 11.2. The van der Waals surface area contributed by atoms with Crippen LogP contribution in [0, 0.1) is 5.82 Å². The van der Waals surface area contributed by atoms with Crippen LogP contribution in [0.4, 0.5) is 4.39 Å². The van der Waals surface area contributed by atoms with Crippen LogP contribution in [-0.2, 0) is 4.84 Å². The van der Waals surface area contributed by atoms with Crippen LogP contribution >= 0.6 is 0 Å². The Balaban J connectivity index is 1.56. The summed E-state index contributed by atoms with van der Waals surface area (Å²) in [4.78, 5) is 24.9.